The van der Waals surface area contributed by atoms with Gasteiger partial charge in [-0.1, -0.05) is 0 Å². The summed E-state index contributed by atoms with van der Waals surface area (Å²) >= 11 is 0. The number of hydrogen-bond donors (Lipinski definition) is 0. The topological polar surface area (TPSA) is 50.1 Å². The fourth-order valence-corrected chi connectivity index (χ4v) is 0.877. The molecular weight excluding hydrogens is 132 g/mol. The lowest BCUT2D eigenvalue weighted by molar-refractivity contribution is 0.0570. The molecule has 0 aliphatic rings. The Bertz CT molecular complexity index is 240. The molecule has 0 amide bonds. The first-order valence-electron chi connectivity index (χ1n) is 2.89. The van der Waals surface area contributed by atoms with E-state index in [2.05, 4.69) is 0 Å². The Morgan fingerprint density at radius 2 is 2.10 bits per heavy atom. The van der Waals surface area contributed by atoms with Gasteiger partial charge in [0, 0.05) is 5.56 Å². The van der Waals surface area contributed by atoms with Crippen LogP contribution in [0, 0.1) is 13.8 Å². The average molecular weight is 139 g/mol. The fraction of sp³-hybridized carbons (Fsp3) is 0.286. The minimum absolute atomic E-state index is 0.167. The standard InChI is InChI=1S/C7H7O3/c1-4-3-10-5(2)6(4)7(8)9/h3H,1-2H3. The molecule has 0 aliphatic heterocycles. The van der Waals surface area contributed by atoms with Crippen molar-refractivity contribution in [2.24, 2.45) is 0 Å². The summed E-state index contributed by atoms with van der Waals surface area (Å²) in [4.78, 5) is 10.3. The van der Waals surface area contributed by atoms with Gasteiger partial charge in [-0.05, 0) is 13.8 Å². The molecule has 0 aliphatic carbocycles. The second kappa shape index (κ2) is 2.17. The normalized spacial score (nSPS) is 9.80. The van der Waals surface area contributed by atoms with Crippen molar-refractivity contribution in [3.63, 3.8) is 0 Å². The lowest BCUT2D eigenvalue weighted by Crippen LogP contribution is -1.95. The monoisotopic (exact) mass is 139 g/mol. The van der Waals surface area contributed by atoms with E-state index in [0.717, 1.165) is 0 Å². The van der Waals surface area contributed by atoms with Crippen LogP contribution in [0.15, 0.2) is 10.7 Å². The highest BCUT2D eigenvalue weighted by Crippen LogP contribution is 2.14. The molecule has 1 aromatic rings. The van der Waals surface area contributed by atoms with E-state index in [9.17, 15) is 9.90 Å². The SMILES string of the molecule is Cc1coc(C)c1C([O])=O. The first-order valence-corrected chi connectivity index (χ1v) is 2.89. The van der Waals surface area contributed by atoms with Crippen LogP contribution in [0.3, 0.4) is 0 Å². The third-order valence-corrected chi connectivity index (χ3v) is 1.36. The van der Waals surface area contributed by atoms with Crippen LogP contribution in [0.4, 0.5) is 0 Å². The van der Waals surface area contributed by atoms with Crippen molar-refractivity contribution in [2.75, 3.05) is 0 Å². The van der Waals surface area contributed by atoms with Gasteiger partial charge in [-0.2, -0.15) is 0 Å². The zero-order valence-electron chi connectivity index (χ0n) is 5.80. The highest BCUT2D eigenvalue weighted by Gasteiger charge is 2.15. The smallest absolute Gasteiger partial charge is 0.390 e. The first kappa shape index (κ1) is 6.86. The van der Waals surface area contributed by atoms with Crippen molar-refractivity contribution in [1.29, 1.82) is 0 Å². The fourth-order valence-electron chi connectivity index (χ4n) is 0.877. The Hall–Kier alpha value is -1.25. The van der Waals surface area contributed by atoms with Gasteiger partial charge in [0.15, 0.2) is 0 Å². The minimum atomic E-state index is -1.18. The Morgan fingerprint density at radius 3 is 2.30 bits per heavy atom. The van der Waals surface area contributed by atoms with Crippen LogP contribution in [0.5, 0.6) is 0 Å². The van der Waals surface area contributed by atoms with Crippen LogP contribution in [0.2, 0.25) is 0 Å². The summed E-state index contributed by atoms with van der Waals surface area (Å²) in [6.45, 7) is 3.26. The van der Waals surface area contributed by atoms with Gasteiger partial charge in [0.05, 0.1) is 6.26 Å². The molecule has 10 heavy (non-hydrogen) atoms. The summed E-state index contributed by atoms with van der Waals surface area (Å²) in [7, 11) is 0. The number of aryl methyl sites for hydroxylation is 2. The largest absolute Gasteiger partial charge is 0.468 e. The molecule has 0 saturated carbocycles. The van der Waals surface area contributed by atoms with E-state index in [0.29, 0.717) is 11.3 Å². The van der Waals surface area contributed by atoms with Gasteiger partial charge < -0.3 is 4.42 Å². The van der Waals surface area contributed by atoms with Crippen molar-refractivity contribution in [2.45, 2.75) is 13.8 Å². The van der Waals surface area contributed by atoms with E-state index in [1.54, 1.807) is 13.8 Å². The van der Waals surface area contributed by atoms with Crippen LogP contribution < -0.4 is 0 Å². The minimum Gasteiger partial charge on any atom is -0.468 e. The first-order chi connectivity index (χ1) is 4.63. The third-order valence-electron chi connectivity index (χ3n) is 1.36. The number of carbonyl (C=O) groups is 1. The average Bonchev–Trinajstić information content (AvgIpc) is 2.11. The van der Waals surface area contributed by atoms with Crippen LogP contribution in [-0.2, 0) is 5.11 Å². The molecule has 3 heteroatoms. The van der Waals surface area contributed by atoms with Gasteiger partial charge >= 0.3 is 5.97 Å². The molecule has 0 unspecified atom stereocenters. The Labute approximate surface area is 58.3 Å². The molecule has 53 valence electrons. The van der Waals surface area contributed by atoms with Gasteiger partial charge in [0.2, 0.25) is 0 Å². The quantitative estimate of drug-likeness (QED) is 0.591. The summed E-state index contributed by atoms with van der Waals surface area (Å²) in [5.74, 6) is -0.777. The molecule has 0 N–H and O–H groups in total. The van der Waals surface area contributed by atoms with Crippen molar-refractivity contribution in [1.82, 2.24) is 0 Å². The zero-order valence-corrected chi connectivity index (χ0v) is 5.80. The maximum absolute atomic E-state index is 10.3. The Morgan fingerprint density at radius 1 is 1.50 bits per heavy atom. The molecule has 0 fully saturated rings. The molecule has 0 atom stereocenters. The van der Waals surface area contributed by atoms with E-state index in [4.69, 9.17) is 4.42 Å². The number of carbonyl (C=O) groups excluding carboxylic acids is 1. The summed E-state index contributed by atoms with van der Waals surface area (Å²) < 4.78 is 4.84. The van der Waals surface area contributed by atoms with E-state index < -0.39 is 5.97 Å². The Kier molecular flexibility index (Phi) is 1.49. The maximum Gasteiger partial charge on any atom is 0.390 e. The highest BCUT2D eigenvalue weighted by molar-refractivity contribution is 5.89. The van der Waals surface area contributed by atoms with Crippen molar-refractivity contribution in [3.8, 4) is 0 Å². The highest BCUT2D eigenvalue weighted by atomic mass is 16.4. The third kappa shape index (κ3) is 0.900. The molecule has 1 aromatic heterocycles. The molecule has 1 radical (unpaired) electrons. The van der Waals surface area contributed by atoms with Crippen LogP contribution in [0.25, 0.3) is 0 Å². The summed E-state index contributed by atoms with van der Waals surface area (Å²) in [5.41, 5.74) is 0.775. The molecule has 0 saturated heterocycles. The summed E-state index contributed by atoms with van der Waals surface area (Å²) in [6.07, 6.45) is 1.40. The second-order valence-corrected chi connectivity index (χ2v) is 2.14. The molecule has 3 nitrogen and oxygen atoms in total. The maximum atomic E-state index is 10.3. The molecule has 0 aromatic carbocycles. The van der Waals surface area contributed by atoms with Crippen LogP contribution in [-0.4, -0.2) is 5.97 Å². The second-order valence-electron chi connectivity index (χ2n) is 2.14. The van der Waals surface area contributed by atoms with E-state index >= 15 is 0 Å². The van der Waals surface area contributed by atoms with Gasteiger partial charge in [-0.15, -0.1) is 0 Å². The number of furan rings is 1. The summed E-state index contributed by atoms with van der Waals surface area (Å²) in [6, 6.07) is 0. The number of rotatable bonds is 1. The molecule has 0 bridgehead atoms. The molecule has 1 heterocycles. The van der Waals surface area contributed by atoms with Gasteiger partial charge in [-0.3, -0.25) is 0 Å². The van der Waals surface area contributed by atoms with Crippen molar-refractivity contribution < 1.29 is 14.3 Å². The molecular formula is C7H7O3. The van der Waals surface area contributed by atoms with Crippen molar-refractivity contribution in [3.05, 3.63) is 23.2 Å². The number of hydrogen-bond acceptors (Lipinski definition) is 2. The van der Waals surface area contributed by atoms with Crippen LogP contribution in [0.1, 0.15) is 21.7 Å². The predicted octanol–water partition coefficient (Wildman–Crippen LogP) is 1.47. The van der Waals surface area contributed by atoms with E-state index in [-0.39, 0.29) is 5.56 Å². The lowest BCUT2D eigenvalue weighted by atomic mass is 10.2. The van der Waals surface area contributed by atoms with Crippen LogP contribution >= 0.6 is 0 Å². The predicted molar refractivity (Wildman–Crippen MR) is 33.2 cm³/mol. The zero-order chi connectivity index (χ0) is 7.72. The summed E-state index contributed by atoms with van der Waals surface area (Å²) in [5, 5.41) is 10.3. The van der Waals surface area contributed by atoms with Gasteiger partial charge in [0.1, 0.15) is 11.3 Å². The molecule has 1 rings (SSSR count). The van der Waals surface area contributed by atoms with E-state index in [1.165, 1.54) is 6.26 Å². The van der Waals surface area contributed by atoms with Gasteiger partial charge in [-0.25, -0.2) is 9.90 Å². The molecule has 0 spiro atoms. The van der Waals surface area contributed by atoms with Crippen molar-refractivity contribution >= 4 is 5.97 Å². The van der Waals surface area contributed by atoms with E-state index in [1.807, 2.05) is 0 Å². The lowest BCUT2D eigenvalue weighted by Gasteiger charge is -1.86. The Balaban J connectivity index is 3.23. The van der Waals surface area contributed by atoms with Gasteiger partial charge in [0.25, 0.3) is 0 Å².